The molecule has 2 heterocycles. The summed E-state index contributed by atoms with van der Waals surface area (Å²) in [5.41, 5.74) is 1.98. The van der Waals surface area contributed by atoms with Crippen LogP contribution in [0, 0.1) is 5.92 Å². The van der Waals surface area contributed by atoms with Crippen molar-refractivity contribution in [3.8, 4) is 0 Å². The van der Waals surface area contributed by atoms with Gasteiger partial charge in [0.25, 0.3) is 5.91 Å². The number of aliphatic hydroxyl groups is 1. The predicted octanol–water partition coefficient (Wildman–Crippen LogP) is 1.36. The maximum Gasteiger partial charge on any atom is 0.253 e. The van der Waals surface area contributed by atoms with E-state index < -0.39 is 0 Å². The Morgan fingerprint density at radius 1 is 1.17 bits per heavy atom. The molecule has 5 nitrogen and oxygen atoms in total. The molecule has 0 unspecified atom stereocenters. The minimum absolute atomic E-state index is 0.0101. The molecule has 1 amide bonds. The molecule has 2 aliphatic heterocycles. The first kappa shape index (κ1) is 16.4. The number of amides is 1. The molecule has 0 saturated carbocycles. The fraction of sp³-hybridized carbons (Fsp3) is 0.611. The van der Waals surface area contributed by atoms with Crippen molar-refractivity contribution in [3.05, 3.63) is 35.4 Å². The third-order valence-electron chi connectivity index (χ3n) is 4.69. The van der Waals surface area contributed by atoms with Crippen LogP contribution in [0.4, 0.5) is 0 Å². The van der Waals surface area contributed by atoms with Crippen LogP contribution in [0.3, 0.4) is 0 Å². The van der Waals surface area contributed by atoms with Crippen LogP contribution in [0.1, 0.15) is 28.8 Å². The van der Waals surface area contributed by atoms with Crippen LogP contribution in [0.15, 0.2) is 24.3 Å². The second kappa shape index (κ2) is 7.90. The molecule has 0 aliphatic carbocycles. The van der Waals surface area contributed by atoms with Crippen LogP contribution < -0.4 is 0 Å². The molecule has 126 valence electrons. The molecule has 23 heavy (non-hydrogen) atoms. The maximum absolute atomic E-state index is 12.6. The van der Waals surface area contributed by atoms with E-state index in [1.54, 1.807) is 4.90 Å². The Hall–Kier alpha value is -1.43. The first-order valence-electron chi connectivity index (χ1n) is 8.55. The van der Waals surface area contributed by atoms with Gasteiger partial charge in [-0.1, -0.05) is 12.1 Å². The van der Waals surface area contributed by atoms with Crippen molar-refractivity contribution in [1.82, 2.24) is 9.80 Å². The molecule has 0 radical (unpaired) electrons. The van der Waals surface area contributed by atoms with E-state index in [0.29, 0.717) is 31.9 Å². The van der Waals surface area contributed by atoms with Crippen molar-refractivity contribution in [2.45, 2.75) is 19.4 Å². The monoisotopic (exact) mass is 318 g/mol. The van der Waals surface area contributed by atoms with Crippen LogP contribution in [0.2, 0.25) is 0 Å². The second-order valence-electron chi connectivity index (χ2n) is 6.55. The van der Waals surface area contributed by atoms with Crippen molar-refractivity contribution in [2.24, 2.45) is 5.92 Å². The summed E-state index contributed by atoms with van der Waals surface area (Å²) < 4.78 is 5.45. The van der Waals surface area contributed by atoms with E-state index in [9.17, 15) is 9.90 Å². The van der Waals surface area contributed by atoms with Gasteiger partial charge in [0.2, 0.25) is 0 Å². The van der Waals surface area contributed by atoms with Crippen LogP contribution in [-0.2, 0) is 11.3 Å². The summed E-state index contributed by atoms with van der Waals surface area (Å²) in [5, 5.41) is 9.34. The molecule has 1 N–H and O–H groups in total. The molecule has 1 aromatic carbocycles. The number of nitrogens with zero attached hydrogens (tertiary/aromatic N) is 2. The van der Waals surface area contributed by atoms with E-state index in [-0.39, 0.29) is 18.4 Å². The van der Waals surface area contributed by atoms with Gasteiger partial charge in [0.1, 0.15) is 0 Å². The number of rotatable bonds is 4. The Bertz CT molecular complexity index is 512. The lowest BCUT2D eigenvalue weighted by Crippen LogP contribution is -2.36. The number of hydrogen-bond acceptors (Lipinski definition) is 4. The predicted molar refractivity (Wildman–Crippen MR) is 88.3 cm³/mol. The Balaban J connectivity index is 1.62. The first-order chi connectivity index (χ1) is 11.3. The largest absolute Gasteiger partial charge is 0.396 e. The third kappa shape index (κ3) is 4.31. The van der Waals surface area contributed by atoms with Gasteiger partial charge in [-0.2, -0.15) is 0 Å². The molecule has 3 rings (SSSR count). The highest BCUT2D eigenvalue weighted by Crippen LogP contribution is 2.15. The van der Waals surface area contributed by atoms with Crippen molar-refractivity contribution in [3.63, 3.8) is 0 Å². The number of carbonyl (C=O) groups is 1. The number of ether oxygens (including phenoxy) is 1. The minimum atomic E-state index is 0.0101. The summed E-state index contributed by atoms with van der Waals surface area (Å²) >= 11 is 0. The van der Waals surface area contributed by atoms with Crippen LogP contribution in [0.5, 0.6) is 0 Å². The van der Waals surface area contributed by atoms with Gasteiger partial charge in [-0.05, 0) is 43.6 Å². The van der Waals surface area contributed by atoms with Crippen molar-refractivity contribution in [2.75, 3.05) is 46.0 Å². The number of hydrogen-bond donors (Lipinski definition) is 1. The summed E-state index contributed by atoms with van der Waals surface area (Å²) in [7, 11) is 0. The van der Waals surface area contributed by atoms with E-state index >= 15 is 0 Å². The SMILES string of the molecule is O=C(c1ccc(CN2CCCC2)cc1)N1CCOC[C@@H](CO)C1. The lowest BCUT2D eigenvalue weighted by Gasteiger charge is -2.23. The number of likely N-dealkylation sites (tertiary alicyclic amines) is 1. The van der Waals surface area contributed by atoms with Gasteiger partial charge in [-0.25, -0.2) is 0 Å². The van der Waals surface area contributed by atoms with Crippen molar-refractivity contribution < 1.29 is 14.6 Å². The van der Waals surface area contributed by atoms with Gasteiger partial charge in [0.05, 0.1) is 13.2 Å². The molecule has 0 spiro atoms. The Kier molecular flexibility index (Phi) is 5.65. The van der Waals surface area contributed by atoms with Gasteiger partial charge >= 0.3 is 0 Å². The zero-order valence-electron chi connectivity index (χ0n) is 13.6. The molecule has 2 aliphatic rings. The number of carbonyl (C=O) groups excluding carboxylic acids is 1. The van der Waals surface area contributed by atoms with Crippen LogP contribution in [-0.4, -0.2) is 66.8 Å². The molecule has 0 bridgehead atoms. The highest BCUT2D eigenvalue weighted by atomic mass is 16.5. The summed E-state index contributed by atoms with van der Waals surface area (Å²) in [6.07, 6.45) is 2.58. The van der Waals surface area contributed by atoms with Crippen LogP contribution in [0.25, 0.3) is 0 Å². The Morgan fingerprint density at radius 2 is 1.91 bits per heavy atom. The molecular formula is C18H26N2O3. The third-order valence-corrected chi connectivity index (χ3v) is 4.69. The van der Waals surface area contributed by atoms with Crippen LogP contribution >= 0.6 is 0 Å². The molecule has 1 aromatic rings. The van der Waals surface area contributed by atoms with Gasteiger partial charge in [-0.3, -0.25) is 9.69 Å². The zero-order chi connectivity index (χ0) is 16.1. The maximum atomic E-state index is 12.6. The number of benzene rings is 1. The minimum Gasteiger partial charge on any atom is -0.396 e. The number of aliphatic hydroxyl groups excluding tert-OH is 1. The normalized spacial score (nSPS) is 23.0. The Labute approximate surface area is 137 Å². The van der Waals surface area contributed by atoms with Crippen molar-refractivity contribution in [1.29, 1.82) is 0 Å². The fourth-order valence-electron chi connectivity index (χ4n) is 3.31. The summed E-state index contributed by atoms with van der Waals surface area (Å²) in [6.45, 7) is 5.59. The highest BCUT2D eigenvalue weighted by molar-refractivity contribution is 5.94. The van der Waals surface area contributed by atoms with E-state index in [4.69, 9.17) is 4.74 Å². The lowest BCUT2D eigenvalue weighted by molar-refractivity contribution is 0.0728. The van der Waals surface area contributed by atoms with Gasteiger partial charge < -0.3 is 14.7 Å². The molecule has 2 saturated heterocycles. The van der Waals surface area contributed by atoms with E-state index in [0.717, 1.165) is 6.54 Å². The average molecular weight is 318 g/mol. The van der Waals surface area contributed by atoms with Gasteiger partial charge in [0.15, 0.2) is 0 Å². The quantitative estimate of drug-likeness (QED) is 0.911. The molecule has 2 fully saturated rings. The second-order valence-corrected chi connectivity index (χ2v) is 6.55. The van der Waals surface area contributed by atoms with E-state index in [1.165, 1.54) is 31.5 Å². The first-order valence-corrected chi connectivity index (χ1v) is 8.55. The lowest BCUT2D eigenvalue weighted by atomic mass is 10.1. The average Bonchev–Trinajstić information content (AvgIpc) is 2.97. The Morgan fingerprint density at radius 3 is 2.61 bits per heavy atom. The topological polar surface area (TPSA) is 53.0 Å². The van der Waals surface area contributed by atoms with E-state index in [2.05, 4.69) is 17.0 Å². The molecule has 5 heteroatoms. The summed E-state index contributed by atoms with van der Waals surface area (Å²) in [5.74, 6) is 0.0394. The molecule has 0 aromatic heterocycles. The summed E-state index contributed by atoms with van der Waals surface area (Å²) in [4.78, 5) is 16.9. The zero-order valence-corrected chi connectivity index (χ0v) is 13.6. The van der Waals surface area contributed by atoms with Gasteiger partial charge in [-0.15, -0.1) is 0 Å². The smallest absolute Gasteiger partial charge is 0.253 e. The molecule has 1 atom stereocenters. The fourth-order valence-corrected chi connectivity index (χ4v) is 3.31. The standard InChI is InChI=1S/C18H26N2O3/c21-13-16-12-20(9-10-23-14-16)18(22)17-5-3-15(4-6-17)11-19-7-1-2-8-19/h3-6,16,21H,1-2,7-14H2/t16-/m1/s1. The van der Waals surface area contributed by atoms with Gasteiger partial charge in [0, 0.05) is 37.7 Å². The highest BCUT2D eigenvalue weighted by Gasteiger charge is 2.23. The molecular weight excluding hydrogens is 292 g/mol. The van der Waals surface area contributed by atoms with E-state index in [1.807, 2.05) is 12.1 Å². The van der Waals surface area contributed by atoms with Crippen molar-refractivity contribution >= 4 is 5.91 Å². The summed E-state index contributed by atoms with van der Waals surface area (Å²) in [6, 6.07) is 7.97.